The Morgan fingerprint density at radius 3 is 2.38 bits per heavy atom. The van der Waals surface area contributed by atoms with Crippen LogP contribution >= 0.6 is 0 Å². The molecule has 1 heterocycles. The van der Waals surface area contributed by atoms with Crippen LogP contribution in [0.15, 0.2) is 18.3 Å². The van der Waals surface area contributed by atoms with Crippen molar-refractivity contribution in [2.45, 2.75) is 11.7 Å². The molecule has 0 bridgehead atoms. The second-order valence-electron chi connectivity index (χ2n) is 3.30. The summed E-state index contributed by atoms with van der Waals surface area (Å²) < 4.78 is 43.8. The highest BCUT2D eigenvalue weighted by molar-refractivity contribution is 5.83. The second-order valence-corrected chi connectivity index (χ2v) is 3.30. The maximum absolute atomic E-state index is 12.8. The number of hydrogen-bond donors (Lipinski definition) is 1. The van der Waals surface area contributed by atoms with Crippen molar-refractivity contribution in [3.05, 3.63) is 24.0 Å². The maximum Gasteiger partial charge on any atom is 0.423 e. The van der Waals surface area contributed by atoms with Crippen LogP contribution in [-0.4, -0.2) is 23.8 Å². The Morgan fingerprint density at radius 1 is 1.50 bits per heavy atom. The summed E-state index contributed by atoms with van der Waals surface area (Å²) in [4.78, 5) is 11.3. The van der Waals surface area contributed by atoms with Crippen molar-refractivity contribution >= 4 is 5.97 Å². The number of rotatable bonds is 2. The molecule has 0 amide bonds. The van der Waals surface area contributed by atoms with Crippen molar-refractivity contribution in [3.63, 3.8) is 0 Å². The molecule has 4 nitrogen and oxygen atoms in total. The molecule has 0 aliphatic carbocycles. The first-order valence-corrected chi connectivity index (χ1v) is 4.31. The van der Waals surface area contributed by atoms with Crippen molar-refractivity contribution in [1.29, 1.82) is 0 Å². The first-order chi connectivity index (χ1) is 7.25. The number of carbonyl (C=O) groups excluding carboxylic acids is 1. The van der Waals surface area contributed by atoms with Crippen LogP contribution in [0.4, 0.5) is 13.2 Å². The molecule has 0 aliphatic heterocycles. The summed E-state index contributed by atoms with van der Waals surface area (Å²) in [5.74, 6) is -1.54. The van der Waals surface area contributed by atoms with Gasteiger partial charge in [0, 0.05) is 13.2 Å². The van der Waals surface area contributed by atoms with E-state index in [0.717, 1.165) is 17.7 Å². The minimum Gasteiger partial charge on any atom is -0.467 e. The molecular weight excluding hydrogens is 225 g/mol. The van der Waals surface area contributed by atoms with Crippen LogP contribution in [0.1, 0.15) is 5.69 Å². The number of nitrogens with two attached hydrogens (primary N) is 1. The highest BCUT2D eigenvalue weighted by Gasteiger charge is 2.61. The van der Waals surface area contributed by atoms with E-state index in [-0.39, 0.29) is 5.69 Å². The van der Waals surface area contributed by atoms with Crippen LogP contribution in [0.2, 0.25) is 0 Å². The van der Waals surface area contributed by atoms with E-state index in [2.05, 4.69) is 4.74 Å². The third-order valence-corrected chi connectivity index (χ3v) is 2.30. The van der Waals surface area contributed by atoms with Crippen molar-refractivity contribution in [2.24, 2.45) is 12.8 Å². The fourth-order valence-electron chi connectivity index (χ4n) is 1.40. The Balaban J connectivity index is 3.38. The third-order valence-electron chi connectivity index (χ3n) is 2.30. The topological polar surface area (TPSA) is 57.2 Å². The van der Waals surface area contributed by atoms with E-state index in [9.17, 15) is 18.0 Å². The predicted molar refractivity (Wildman–Crippen MR) is 49.3 cm³/mol. The number of nitrogens with zero attached hydrogens (tertiary/aromatic N) is 1. The second kappa shape index (κ2) is 3.82. The van der Waals surface area contributed by atoms with Crippen molar-refractivity contribution < 1.29 is 22.7 Å². The zero-order valence-corrected chi connectivity index (χ0v) is 8.71. The predicted octanol–water partition coefficient (Wildman–Crippen LogP) is 0.914. The molecule has 0 fully saturated rings. The number of methoxy groups -OCH3 is 1. The van der Waals surface area contributed by atoms with Crippen molar-refractivity contribution in [3.8, 4) is 0 Å². The molecule has 1 atom stereocenters. The zero-order valence-electron chi connectivity index (χ0n) is 8.71. The first kappa shape index (κ1) is 12.6. The van der Waals surface area contributed by atoms with Gasteiger partial charge < -0.3 is 15.0 Å². The molecule has 1 aromatic rings. The van der Waals surface area contributed by atoms with Gasteiger partial charge in [0.15, 0.2) is 0 Å². The highest BCUT2D eigenvalue weighted by Crippen LogP contribution is 2.37. The average molecular weight is 236 g/mol. The van der Waals surface area contributed by atoms with Gasteiger partial charge in [-0.3, -0.25) is 0 Å². The van der Waals surface area contributed by atoms with Gasteiger partial charge in [-0.25, -0.2) is 4.79 Å². The first-order valence-electron chi connectivity index (χ1n) is 4.31. The molecule has 0 aliphatic rings. The van der Waals surface area contributed by atoms with Gasteiger partial charge >= 0.3 is 12.1 Å². The molecular formula is C9H11F3N2O2. The molecule has 1 aromatic heterocycles. The minimum absolute atomic E-state index is 0.369. The number of carbonyl (C=O) groups is 1. The normalized spacial score (nSPS) is 15.6. The lowest BCUT2D eigenvalue weighted by Crippen LogP contribution is -2.58. The fraction of sp³-hybridized carbons (Fsp3) is 0.444. The number of aromatic nitrogens is 1. The minimum atomic E-state index is -4.92. The van der Waals surface area contributed by atoms with E-state index < -0.39 is 17.7 Å². The molecule has 0 radical (unpaired) electrons. The SMILES string of the molecule is COC(=O)C(N)(c1cccn1C)C(F)(F)F. The Hall–Kier alpha value is -1.50. The lowest BCUT2D eigenvalue weighted by molar-refractivity contribution is -0.208. The van der Waals surface area contributed by atoms with Gasteiger partial charge in [0.2, 0.25) is 0 Å². The lowest BCUT2D eigenvalue weighted by Gasteiger charge is -2.29. The van der Waals surface area contributed by atoms with Crippen LogP contribution in [0.25, 0.3) is 0 Å². The third kappa shape index (κ3) is 1.67. The van der Waals surface area contributed by atoms with E-state index >= 15 is 0 Å². The quantitative estimate of drug-likeness (QED) is 0.776. The fourth-order valence-corrected chi connectivity index (χ4v) is 1.40. The molecule has 0 saturated heterocycles. The maximum atomic E-state index is 12.8. The Morgan fingerprint density at radius 2 is 2.06 bits per heavy atom. The van der Waals surface area contributed by atoms with Crippen LogP contribution in [-0.2, 0) is 22.1 Å². The van der Waals surface area contributed by atoms with Gasteiger partial charge in [-0.05, 0) is 12.1 Å². The van der Waals surface area contributed by atoms with Gasteiger partial charge in [-0.1, -0.05) is 0 Å². The summed E-state index contributed by atoms with van der Waals surface area (Å²) in [6, 6.07) is 2.50. The number of alkyl halides is 3. The molecule has 0 spiro atoms. The van der Waals surface area contributed by atoms with Crippen LogP contribution < -0.4 is 5.73 Å². The van der Waals surface area contributed by atoms with Crippen molar-refractivity contribution in [2.75, 3.05) is 7.11 Å². The summed E-state index contributed by atoms with van der Waals surface area (Å²) >= 11 is 0. The molecule has 90 valence electrons. The van der Waals surface area contributed by atoms with Crippen LogP contribution in [0, 0.1) is 0 Å². The molecule has 16 heavy (non-hydrogen) atoms. The summed E-state index contributed by atoms with van der Waals surface area (Å²) in [5.41, 5.74) is 1.67. The van der Waals surface area contributed by atoms with E-state index in [0.29, 0.717) is 0 Å². The summed E-state index contributed by atoms with van der Waals surface area (Å²) in [6.45, 7) is 0. The van der Waals surface area contributed by atoms with E-state index in [1.54, 1.807) is 0 Å². The molecule has 0 aromatic carbocycles. The van der Waals surface area contributed by atoms with E-state index in [1.807, 2.05) is 0 Å². The number of halogens is 3. The lowest BCUT2D eigenvalue weighted by atomic mass is 9.96. The molecule has 7 heteroatoms. The molecule has 1 unspecified atom stereocenters. The number of ether oxygens (including phenoxy) is 1. The van der Waals surface area contributed by atoms with Gasteiger partial charge in [0.1, 0.15) is 0 Å². The molecule has 0 saturated carbocycles. The summed E-state index contributed by atoms with van der Waals surface area (Å²) in [5, 5.41) is 0. The zero-order chi connectivity index (χ0) is 12.6. The van der Waals surface area contributed by atoms with Crippen molar-refractivity contribution in [1.82, 2.24) is 4.57 Å². The number of hydrogen-bond acceptors (Lipinski definition) is 3. The van der Waals surface area contributed by atoms with Crippen LogP contribution in [0.5, 0.6) is 0 Å². The Bertz CT molecular complexity index is 400. The van der Waals surface area contributed by atoms with Gasteiger partial charge in [-0.15, -0.1) is 0 Å². The van der Waals surface area contributed by atoms with E-state index in [4.69, 9.17) is 5.73 Å². The smallest absolute Gasteiger partial charge is 0.423 e. The highest BCUT2D eigenvalue weighted by atomic mass is 19.4. The Labute approximate surface area is 89.8 Å². The largest absolute Gasteiger partial charge is 0.467 e. The van der Waals surface area contributed by atoms with Gasteiger partial charge in [0.25, 0.3) is 5.54 Å². The summed E-state index contributed by atoms with van der Waals surface area (Å²) in [6.07, 6.45) is -3.56. The van der Waals surface area contributed by atoms with Gasteiger partial charge in [-0.2, -0.15) is 13.2 Å². The molecule has 2 N–H and O–H groups in total. The summed E-state index contributed by atoms with van der Waals surface area (Å²) in [7, 11) is 2.23. The standard InChI is InChI=1S/C9H11F3N2O2/c1-14-5-3-4-6(14)8(13,7(15)16-2)9(10,11)12/h3-5H,13H2,1-2H3. The molecule has 1 rings (SSSR count). The average Bonchev–Trinajstić information content (AvgIpc) is 2.60. The monoisotopic (exact) mass is 236 g/mol. The Kier molecular flexibility index (Phi) is 3.00. The number of aryl methyl sites for hydroxylation is 1. The van der Waals surface area contributed by atoms with E-state index in [1.165, 1.54) is 19.3 Å². The van der Waals surface area contributed by atoms with Gasteiger partial charge in [0.05, 0.1) is 12.8 Å². The van der Waals surface area contributed by atoms with Crippen LogP contribution in [0.3, 0.4) is 0 Å². The number of esters is 1.